The van der Waals surface area contributed by atoms with Crippen LogP contribution in [0.5, 0.6) is 0 Å². The van der Waals surface area contributed by atoms with Gasteiger partial charge in [-0.3, -0.25) is 0 Å². The number of aromatic nitrogens is 2. The summed E-state index contributed by atoms with van der Waals surface area (Å²) in [6.45, 7) is 2.14. The maximum atomic E-state index is 11.8. The van der Waals surface area contributed by atoms with Crippen LogP contribution in [0.25, 0.3) is 5.69 Å². The molecule has 0 spiro atoms. The van der Waals surface area contributed by atoms with Crippen molar-refractivity contribution in [2.75, 3.05) is 5.75 Å². The molecule has 0 amide bonds. The average molecular weight is 319 g/mol. The highest BCUT2D eigenvalue weighted by atomic mass is 32.2. The minimum atomic E-state index is -3.20. The molecule has 0 unspecified atom stereocenters. The highest BCUT2D eigenvalue weighted by molar-refractivity contribution is 7.89. The quantitative estimate of drug-likeness (QED) is 0.887. The Morgan fingerprint density at radius 2 is 2.00 bits per heavy atom. The van der Waals surface area contributed by atoms with E-state index in [1.54, 1.807) is 0 Å². The second-order valence-electron chi connectivity index (χ2n) is 5.61. The largest absolute Gasteiger partial charge is 0.237 e. The Balaban J connectivity index is 1.88. The third-order valence-corrected chi connectivity index (χ3v) is 5.48. The zero-order chi connectivity index (χ0) is 15.6. The lowest BCUT2D eigenvalue weighted by Crippen LogP contribution is -2.26. The van der Waals surface area contributed by atoms with Gasteiger partial charge in [0.15, 0.2) is 0 Å². The highest BCUT2D eigenvalue weighted by Gasteiger charge is 2.23. The molecule has 1 aromatic heterocycles. The van der Waals surface area contributed by atoms with Crippen molar-refractivity contribution in [2.24, 2.45) is 0 Å². The molecule has 22 heavy (non-hydrogen) atoms. The fourth-order valence-electron chi connectivity index (χ4n) is 2.96. The molecule has 0 bridgehead atoms. The topological polar surface area (TPSA) is 64.0 Å². The van der Waals surface area contributed by atoms with Crippen molar-refractivity contribution in [1.29, 1.82) is 0 Å². The van der Waals surface area contributed by atoms with Crippen LogP contribution in [0.2, 0.25) is 0 Å². The normalized spacial score (nSPS) is 14.2. The average Bonchev–Trinajstić information content (AvgIpc) is 3.08. The van der Waals surface area contributed by atoms with Crippen LogP contribution in [0.1, 0.15) is 36.7 Å². The Morgan fingerprint density at radius 1 is 1.23 bits per heavy atom. The monoisotopic (exact) mass is 319 g/mol. The first-order valence-corrected chi connectivity index (χ1v) is 9.38. The first-order valence-electron chi connectivity index (χ1n) is 7.73. The molecule has 0 fully saturated rings. The highest BCUT2D eigenvalue weighted by Crippen LogP contribution is 2.27. The summed E-state index contributed by atoms with van der Waals surface area (Å²) in [5.74, 6) is 0.161. The van der Waals surface area contributed by atoms with E-state index in [0.29, 0.717) is 6.42 Å². The van der Waals surface area contributed by atoms with Crippen LogP contribution in [0.15, 0.2) is 30.3 Å². The SMILES string of the molecule is CCCS(=O)(=O)NCc1nn(-c2ccccc2)c2c1CCC2. The Morgan fingerprint density at radius 3 is 2.73 bits per heavy atom. The Bertz CT molecular complexity index is 751. The standard InChI is InChI=1S/C16H21N3O2S/c1-2-11-22(20,21)17-12-15-14-9-6-10-16(14)19(18-15)13-7-4-3-5-8-13/h3-5,7-8,17H,2,6,9-12H2,1H3. The summed E-state index contributed by atoms with van der Waals surface area (Å²) in [4.78, 5) is 0. The van der Waals surface area contributed by atoms with Gasteiger partial charge in [0, 0.05) is 5.69 Å². The van der Waals surface area contributed by atoms with E-state index in [9.17, 15) is 8.42 Å². The van der Waals surface area contributed by atoms with Crippen molar-refractivity contribution < 1.29 is 8.42 Å². The van der Waals surface area contributed by atoms with Gasteiger partial charge in [-0.05, 0) is 43.4 Å². The van der Waals surface area contributed by atoms with E-state index in [-0.39, 0.29) is 12.3 Å². The van der Waals surface area contributed by atoms with Crippen molar-refractivity contribution in [1.82, 2.24) is 14.5 Å². The van der Waals surface area contributed by atoms with Gasteiger partial charge in [0.1, 0.15) is 0 Å². The van der Waals surface area contributed by atoms with E-state index in [0.717, 1.165) is 30.6 Å². The molecule has 2 aromatic rings. The first-order chi connectivity index (χ1) is 10.6. The lowest BCUT2D eigenvalue weighted by Gasteiger charge is -2.05. The van der Waals surface area contributed by atoms with E-state index < -0.39 is 10.0 Å². The summed E-state index contributed by atoms with van der Waals surface area (Å²) in [6, 6.07) is 10.0. The minimum absolute atomic E-state index is 0.161. The molecular weight excluding hydrogens is 298 g/mol. The predicted molar refractivity (Wildman–Crippen MR) is 86.5 cm³/mol. The van der Waals surface area contributed by atoms with Crippen LogP contribution in [-0.4, -0.2) is 24.0 Å². The number of hydrogen-bond acceptors (Lipinski definition) is 3. The van der Waals surface area contributed by atoms with Crippen molar-refractivity contribution in [3.8, 4) is 5.69 Å². The third-order valence-electron chi connectivity index (χ3n) is 3.95. The zero-order valence-corrected chi connectivity index (χ0v) is 13.6. The minimum Gasteiger partial charge on any atom is -0.237 e. The number of nitrogens with one attached hydrogen (secondary N) is 1. The van der Waals surface area contributed by atoms with Gasteiger partial charge in [-0.25, -0.2) is 17.8 Å². The van der Waals surface area contributed by atoms with Gasteiger partial charge in [0.05, 0.1) is 23.7 Å². The summed E-state index contributed by atoms with van der Waals surface area (Å²) in [5.41, 5.74) is 4.32. The summed E-state index contributed by atoms with van der Waals surface area (Å²) in [5, 5.41) is 4.65. The summed E-state index contributed by atoms with van der Waals surface area (Å²) in [6.07, 6.45) is 3.70. The Kier molecular flexibility index (Phi) is 4.31. The van der Waals surface area contributed by atoms with Crippen LogP contribution in [0.4, 0.5) is 0 Å². The van der Waals surface area contributed by atoms with Crippen LogP contribution >= 0.6 is 0 Å². The van der Waals surface area contributed by atoms with E-state index in [1.807, 2.05) is 41.9 Å². The van der Waals surface area contributed by atoms with E-state index >= 15 is 0 Å². The van der Waals surface area contributed by atoms with E-state index in [1.165, 1.54) is 11.3 Å². The maximum Gasteiger partial charge on any atom is 0.211 e. The van der Waals surface area contributed by atoms with Crippen LogP contribution in [0.3, 0.4) is 0 Å². The molecule has 1 aromatic carbocycles. The van der Waals surface area contributed by atoms with Crippen LogP contribution < -0.4 is 4.72 Å². The van der Waals surface area contributed by atoms with Crippen molar-refractivity contribution >= 4 is 10.0 Å². The van der Waals surface area contributed by atoms with Gasteiger partial charge in [0.2, 0.25) is 10.0 Å². The fraction of sp³-hybridized carbons (Fsp3) is 0.438. The van der Waals surface area contributed by atoms with Gasteiger partial charge in [0.25, 0.3) is 0 Å². The molecule has 0 atom stereocenters. The first kappa shape index (κ1) is 15.2. The fourth-order valence-corrected chi connectivity index (χ4v) is 4.00. The number of nitrogens with zero attached hydrogens (tertiary/aromatic N) is 2. The second-order valence-corrected chi connectivity index (χ2v) is 7.54. The Labute approximate surface area is 131 Å². The summed E-state index contributed by atoms with van der Waals surface area (Å²) < 4.78 is 28.3. The Hall–Kier alpha value is -1.66. The molecule has 1 aliphatic rings. The summed E-state index contributed by atoms with van der Waals surface area (Å²) >= 11 is 0. The van der Waals surface area contributed by atoms with Gasteiger partial charge >= 0.3 is 0 Å². The number of benzene rings is 1. The molecule has 0 radical (unpaired) electrons. The maximum absolute atomic E-state index is 11.8. The molecule has 118 valence electrons. The van der Waals surface area contributed by atoms with Crippen LogP contribution in [-0.2, 0) is 29.4 Å². The molecule has 6 heteroatoms. The van der Waals surface area contributed by atoms with Gasteiger partial charge in [-0.2, -0.15) is 5.10 Å². The third kappa shape index (κ3) is 3.08. The smallest absolute Gasteiger partial charge is 0.211 e. The molecule has 0 saturated carbocycles. The molecule has 0 saturated heterocycles. The van der Waals surface area contributed by atoms with Gasteiger partial charge in [-0.15, -0.1) is 0 Å². The number of hydrogen-bond donors (Lipinski definition) is 1. The number of rotatable bonds is 6. The molecule has 1 aliphatic carbocycles. The van der Waals surface area contributed by atoms with E-state index in [4.69, 9.17) is 0 Å². The van der Waals surface area contributed by atoms with E-state index in [2.05, 4.69) is 9.82 Å². The molecule has 5 nitrogen and oxygen atoms in total. The summed E-state index contributed by atoms with van der Waals surface area (Å²) in [7, 11) is -3.20. The van der Waals surface area contributed by atoms with Gasteiger partial charge < -0.3 is 0 Å². The lowest BCUT2D eigenvalue weighted by molar-refractivity contribution is 0.578. The predicted octanol–water partition coefficient (Wildman–Crippen LogP) is 2.19. The number of sulfonamides is 1. The van der Waals surface area contributed by atoms with Crippen molar-refractivity contribution in [3.05, 3.63) is 47.3 Å². The zero-order valence-electron chi connectivity index (χ0n) is 12.7. The molecule has 1 N–H and O–H groups in total. The molecular formula is C16H21N3O2S. The number of fused-ring (bicyclic) bond motifs is 1. The number of para-hydroxylation sites is 1. The van der Waals surface area contributed by atoms with Crippen LogP contribution in [0, 0.1) is 0 Å². The second kappa shape index (κ2) is 6.22. The molecule has 3 rings (SSSR count). The lowest BCUT2D eigenvalue weighted by atomic mass is 10.2. The van der Waals surface area contributed by atoms with Crippen molar-refractivity contribution in [3.63, 3.8) is 0 Å². The molecule has 0 aliphatic heterocycles. The van der Waals surface area contributed by atoms with Crippen molar-refractivity contribution in [2.45, 2.75) is 39.2 Å². The van der Waals surface area contributed by atoms with Gasteiger partial charge in [-0.1, -0.05) is 25.1 Å². The molecule has 1 heterocycles.